The Balaban J connectivity index is 1.70. The largest absolute Gasteiger partial charge is 0.504 e. The molecule has 6 nitrogen and oxygen atoms in total. The highest BCUT2D eigenvalue weighted by atomic mass is 16.5. The number of methoxy groups -OCH3 is 1. The maximum absolute atomic E-state index is 10.1. The number of hydrogen-bond acceptors (Lipinski definition) is 5. The van der Waals surface area contributed by atoms with Crippen LogP contribution in [0.25, 0.3) is 0 Å². The second-order valence-electron chi connectivity index (χ2n) is 5.30. The van der Waals surface area contributed by atoms with Gasteiger partial charge in [0.2, 0.25) is 0 Å². The fourth-order valence-electron chi connectivity index (χ4n) is 2.72. The molecular weight excluding hydrogens is 268 g/mol. The Morgan fingerprint density at radius 3 is 3.10 bits per heavy atom. The van der Waals surface area contributed by atoms with Crippen LogP contribution in [0.15, 0.2) is 18.2 Å². The van der Waals surface area contributed by atoms with Crippen molar-refractivity contribution >= 4 is 0 Å². The van der Waals surface area contributed by atoms with Crippen LogP contribution in [0.5, 0.6) is 11.5 Å². The monoisotopic (exact) mass is 288 g/mol. The maximum atomic E-state index is 10.1. The first-order valence-electron chi connectivity index (χ1n) is 7.21. The number of aromatic hydroxyl groups is 1. The zero-order valence-corrected chi connectivity index (χ0v) is 12.3. The smallest absolute Gasteiger partial charge is 0.162 e. The first-order chi connectivity index (χ1) is 10.2. The minimum Gasteiger partial charge on any atom is -0.504 e. The maximum Gasteiger partial charge on any atom is 0.162 e. The van der Waals surface area contributed by atoms with Crippen LogP contribution < -0.4 is 10.1 Å². The highest BCUT2D eigenvalue weighted by molar-refractivity contribution is 5.45. The van der Waals surface area contributed by atoms with Crippen molar-refractivity contribution < 1.29 is 9.84 Å². The fraction of sp³-hybridized carbons (Fsp3) is 0.467. The van der Waals surface area contributed by atoms with Crippen LogP contribution in [-0.2, 0) is 19.5 Å². The summed E-state index contributed by atoms with van der Waals surface area (Å²) in [6.07, 6.45) is 2.15. The van der Waals surface area contributed by atoms with Gasteiger partial charge in [0.25, 0.3) is 0 Å². The van der Waals surface area contributed by atoms with E-state index in [1.807, 2.05) is 12.1 Å². The summed E-state index contributed by atoms with van der Waals surface area (Å²) in [5, 5.41) is 22.0. The topological polar surface area (TPSA) is 72.2 Å². The molecule has 2 aromatic rings. The number of ether oxygens (including phenoxy) is 1. The first kappa shape index (κ1) is 13.9. The van der Waals surface area contributed by atoms with Crippen molar-refractivity contribution in [3.05, 3.63) is 35.4 Å². The molecule has 0 fully saturated rings. The Kier molecular flexibility index (Phi) is 3.79. The molecule has 0 spiro atoms. The molecule has 2 N–H and O–H groups in total. The van der Waals surface area contributed by atoms with E-state index in [4.69, 9.17) is 4.74 Å². The van der Waals surface area contributed by atoms with Crippen LogP contribution in [-0.4, -0.2) is 27.0 Å². The van der Waals surface area contributed by atoms with E-state index < -0.39 is 0 Å². The lowest BCUT2D eigenvalue weighted by Gasteiger charge is -2.15. The number of phenolic OH excluding ortho intramolecular Hbond substituents is 1. The Morgan fingerprint density at radius 1 is 1.43 bits per heavy atom. The molecule has 0 bridgehead atoms. The normalized spacial score (nSPS) is 15.0. The molecule has 1 aromatic heterocycles. The van der Waals surface area contributed by atoms with E-state index in [-0.39, 0.29) is 11.8 Å². The average molecular weight is 288 g/mol. The van der Waals surface area contributed by atoms with Crippen molar-refractivity contribution in [1.82, 2.24) is 20.1 Å². The second kappa shape index (κ2) is 5.73. The molecule has 0 saturated heterocycles. The summed E-state index contributed by atoms with van der Waals surface area (Å²) < 4.78 is 7.30. The van der Waals surface area contributed by atoms with Gasteiger partial charge in [-0.25, -0.2) is 0 Å². The number of phenols is 1. The minimum absolute atomic E-state index is 0.0787. The lowest BCUT2D eigenvalue weighted by molar-refractivity contribution is 0.368. The molecule has 0 saturated carbocycles. The van der Waals surface area contributed by atoms with Gasteiger partial charge in [-0.05, 0) is 19.4 Å². The Bertz CT molecular complexity index is 639. The standard InChI is InChI=1S/C15H20N4O2/c1-10(15-18-17-13-7-4-8-19(13)15)16-9-11-5-3-6-12(21-2)14(11)20/h3,5-6,10,16,20H,4,7-9H2,1-2H3. The van der Waals surface area contributed by atoms with Crippen molar-refractivity contribution in [2.45, 2.75) is 38.9 Å². The Morgan fingerprint density at radius 2 is 2.29 bits per heavy atom. The van der Waals surface area contributed by atoms with Crippen molar-refractivity contribution in [3.8, 4) is 11.5 Å². The van der Waals surface area contributed by atoms with E-state index in [9.17, 15) is 5.11 Å². The number of fused-ring (bicyclic) bond motifs is 1. The number of nitrogens with one attached hydrogen (secondary N) is 1. The van der Waals surface area contributed by atoms with Crippen LogP contribution in [0.3, 0.4) is 0 Å². The number of aromatic nitrogens is 3. The number of para-hydroxylation sites is 1. The predicted molar refractivity (Wildman–Crippen MR) is 78.3 cm³/mol. The third-order valence-electron chi connectivity index (χ3n) is 3.93. The van der Waals surface area contributed by atoms with Gasteiger partial charge in [-0.15, -0.1) is 10.2 Å². The van der Waals surface area contributed by atoms with Gasteiger partial charge in [0, 0.05) is 25.1 Å². The molecule has 1 aliphatic rings. The number of benzene rings is 1. The SMILES string of the molecule is COc1cccc(CNC(C)c2nnc3n2CCC3)c1O. The van der Waals surface area contributed by atoms with Gasteiger partial charge in [0.15, 0.2) is 11.5 Å². The lowest BCUT2D eigenvalue weighted by Crippen LogP contribution is -2.21. The van der Waals surface area contributed by atoms with E-state index in [1.54, 1.807) is 13.2 Å². The molecule has 3 rings (SSSR count). The van der Waals surface area contributed by atoms with Crippen molar-refractivity contribution in [3.63, 3.8) is 0 Å². The molecule has 0 radical (unpaired) electrons. The summed E-state index contributed by atoms with van der Waals surface area (Å²) in [7, 11) is 1.55. The Labute approximate surface area is 123 Å². The third-order valence-corrected chi connectivity index (χ3v) is 3.93. The molecule has 0 amide bonds. The van der Waals surface area contributed by atoms with Gasteiger partial charge in [-0.1, -0.05) is 12.1 Å². The van der Waals surface area contributed by atoms with E-state index in [2.05, 4.69) is 27.0 Å². The highest BCUT2D eigenvalue weighted by Crippen LogP contribution is 2.29. The van der Waals surface area contributed by atoms with Gasteiger partial charge >= 0.3 is 0 Å². The van der Waals surface area contributed by atoms with Crippen LogP contribution in [0, 0.1) is 0 Å². The van der Waals surface area contributed by atoms with E-state index in [0.717, 1.165) is 36.6 Å². The molecule has 6 heteroatoms. The molecule has 0 aliphatic carbocycles. The zero-order valence-electron chi connectivity index (χ0n) is 12.3. The summed E-state index contributed by atoms with van der Waals surface area (Å²) in [6, 6.07) is 5.57. The number of nitrogens with zero attached hydrogens (tertiary/aromatic N) is 3. The molecule has 1 aliphatic heterocycles. The summed E-state index contributed by atoms with van der Waals surface area (Å²) in [4.78, 5) is 0. The third kappa shape index (κ3) is 2.58. The molecule has 1 aromatic carbocycles. The molecule has 2 heterocycles. The summed E-state index contributed by atoms with van der Waals surface area (Å²) in [5.41, 5.74) is 0.808. The first-order valence-corrected chi connectivity index (χ1v) is 7.21. The van der Waals surface area contributed by atoms with Crippen molar-refractivity contribution in [1.29, 1.82) is 0 Å². The molecule has 21 heavy (non-hydrogen) atoms. The van der Waals surface area contributed by atoms with Crippen LogP contribution >= 0.6 is 0 Å². The van der Waals surface area contributed by atoms with Crippen molar-refractivity contribution in [2.24, 2.45) is 0 Å². The van der Waals surface area contributed by atoms with Crippen LogP contribution in [0.1, 0.15) is 36.6 Å². The molecule has 112 valence electrons. The number of aryl methyl sites for hydroxylation is 1. The van der Waals surface area contributed by atoms with Gasteiger partial charge in [-0.3, -0.25) is 0 Å². The fourth-order valence-corrected chi connectivity index (χ4v) is 2.72. The number of rotatable bonds is 5. The van der Waals surface area contributed by atoms with Crippen LogP contribution in [0.4, 0.5) is 0 Å². The van der Waals surface area contributed by atoms with Gasteiger partial charge < -0.3 is 19.7 Å². The molecular formula is C15H20N4O2. The van der Waals surface area contributed by atoms with Gasteiger partial charge in [0.1, 0.15) is 11.6 Å². The molecule has 1 unspecified atom stereocenters. The quantitative estimate of drug-likeness (QED) is 0.877. The predicted octanol–water partition coefficient (Wildman–Crippen LogP) is 1.79. The lowest BCUT2D eigenvalue weighted by atomic mass is 10.1. The minimum atomic E-state index is 0.0787. The number of hydrogen-bond donors (Lipinski definition) is 2. The average Bonchev–Trinajstić information content (AvgIpc) is 3.08. The molecule has 1 atom stereocenters. The summed E-state index contributed by atoms with van der Waals surface area (Å²) >= 11 is 0. The highest BCUT2D eigenvalue weighted by Gasteiger charge is 2.21. The van der Waals surface area contributed by atoms with Gasteiger partial charge in [-0.2, -0.15) is 0 Å². The Hall–Kier alpha value is -2.08. The second-order valence-corrected chi connectivity index (χ2v) is 5.30. The summed E-state index contributed by atoms with van der Waals surface area (Å²) in [6.45, 7) is 3.60. The van der Waals surface area contributed by atoms with E-state index in [1.165, 1.54) is 0 Å². The summed E-state index contributed by atoms with van der Waals surface area (Å²) in [5.74, 6) is 2.71. The van der Waals surface area contributed by atoms with Crippen molar-refractivity contribution in [2.75, 3.05) is 7.11 Å². The van der Waals surface area contributed by atoms with Gasteiger partial charge in [0.05, 0.1) is 13.2 Å². The van der Waals surface area contributed by atoms with E-state index in [0.29, 0.717) is 12.3 Å². The van der Waals surface area contributed by atoms with E-state index >= 15 is 0 Å². The van der Waals surface area contributed by atoms with Crippen LogP contribution in [0.2, 0.25) is 0 Å². The zero-order chi connectivity index (χ0) is 14.8.